The Morgan fingerprint density at radius 3 is 2.55 bits per heavy atom. The van der Waals surface area contributed by atoms with Crippen LogP contribution in [0, 0.1) is 5.82 Å². The highest BCUT2D eigenvalue weighted by atomic mass is 19.1. The van der Waals surface area contributed by atoms with Crippen molar-refractivity contribution in [1.82, 2.24) is 4.98 Å². The van der Waals surface area contributed by atoms with E-state index < -0.39 is 6.10 Å². The predicted molar refractivity (Wildman–Crippen MR) is 78.0 cm³/mol. The van der Waals surface area contributed by atoms with E-state index in [1.165, 1.54) is 6.07 Å². The van der Waals surface area contributed by atoms with E-state index in [-0.39, 0.29) is 5.82 Å². The average Bonchev–Trinajstić information content (AvgIpc) is 2.45. The van der Waals surface area contributed by atoms with Crippen LogP contribution in [0.15, 0.2) is 42.7 Å². The smallest absolute Gasteiger partial charge is 0.131 e. The molecule has 2 aromatic rings. The molecule has 3 nitrogen and oxygen atoms in total. The van der Waals surface area contributed by atoms with Gasteiger partial charge in [-0.3, -0.25) is 4.98 Å². The van der Waals surface area contributed by atoms with Gasteiger partial charge in [0.1, 0.15) is 5.82 Å². The van der Waals surface area contributed by atoms with E-state index in [1.54, 1.807) is 25.4 Å². The van der Waals surface area contributed by atoms with Gasteiger partial charge in [-0.1, -0.05) is 6.07 Å². The molecule has 0 unspecified atom stereocenters. The minimum Gasteiger partial charge on any atom is -0.389 e. The Balaban J connectivity index is 2.35. The first-order chi connectivity index (χ1) is 9.63. The van der Waals surface area contributed by atoms with Gasteiger partial charge >= 0.3 is 0 Å². The van der Waals surface area contributed by atoms with Crippen molar-refractivity contribution < 1.29 is 9.50 Å². The van der Waals surface area contributed by atoms with Crippen LogP contribution in [0.25, 0.3) is 0 Å². The lowest BCUT2D eigenvalue weighted by Gasteiger charge is -2.27. The van der Waals surface area contributed by atoms with E-state index in [0.29, 0.717) is 12.1 Å². The Labute approximate surface area is 118 Å². The third-order valence-corrected chi connectivity index (χ3v) is 3.29. The van der Waals surface area contributed by atoms with Gasteiger partial charge in [0, 0.05) is 36.7 Å². The van der Waals surface area contributed by atoms with Crippen molar-refractivity contribution in [3.05, 3.63) is 59.7 Å². The molecule has 20 heavy (non-hydrogen) atoms. The molecule has 0 aliphatic carbocycles. The van der Waals surface area contributed by atoms with Gasteiger partial charge in [-0.2, -0.15) is 0 Å². The fourth-order valence-electron chi connectivity index (χ4n) is 2.29. The number of halogens is 1. The van der Waals surface area contributed by atoms with E-state index in [2.05, 4.69) is 4.98 Å². The zero-order chi connectivity index (χ0) is 14.5. The fourth-order valence-corrected chi connectivity index (χ4v) is 2.29. The number of anilines is 1. The Hall–Kier alpha value is -1.94. The van der Waals surface area contributed by atoms with Crippen LogP contribution in [-0.2, 0) is 6.54 Å². The highest BCUT2D eigenvalue weighted by molar-refractivity contribution is 5.55. The number of hydrogen-bond acceptors (Lipinski definition) is 3. The molecule has 0 aliphatic heterocycles. The topological polar surface area (TPSA) is 36.4 Å². The summed E-state index contributed by atoms with van der Waals surface area (Å²) in [4.78, 5) is 6.03. The largest absolute Gasteiger partial charge is 0.389 e. The number of benzene rings is 1. The summed E-state index contributed by atoms with van der Waals surface area (Å²) in [6.07, 6.45) is 2.65. The molecule has 2 rings (SSSR count). The number of aromatic nitrogens is 1. The third-order valence-electron chi connectivity index (χ3n) is 3.29. The summed E-state index contributed by atoms with van der Waals surface area (Å²) < 4.78 is 13.9. The molecule has 0 spiro atoms. The van der Waals surface area contributed by atoms with Crippen LogP contribution in [0.3, 0.4) is 0 Å². The van der Waals surface area contributed by atoms with Gasteiger partial charge in [0.2, 0.25) is 0 Å². The maximum absolute atomic E-state index is 13.9. The van der Waals surface area contributed by atoms with Crippen molar-refractivity contribution in [2.75, 3.05) is 11.4 Å². The van der Waals surface area contributed by atoms with Crippen LogP contribution >= 0.6 is 0 Å². The summed E-state index contributed by atoms with van der Waals surface area (Å²) in [7, 11) is 0. The molecular weight excluding hydrogens is 255 g/mol. The van der Waals surface area contributed by atoms with Crippen molar-refractivity contribution in [3.8, 4) is 0 Å². The molecule has 0 aliphatic rings. The first-order valence-electron chi connectivity index (χ1n) is 6.73. The number of aliphatic hydroxyl groups excluding tert-OH is 1. The molecule has 0 fully saturated rings. The molecule has 4 heteroatoms. The number of nitrogens with zero attached hydrogens (tertiary/aromatic N) is 2. The summed E-state index contributed by atoms with van der Waals surface area (Å²) in [6, 6.07) is 8.77. The van der Waals surface area contributed by atoms with E-state index in [1.807, 2.05) is 30.0 Å². The van der Waals surface area contributed by atoms with Crippen molar-refractivity contribution >= 4 is 5.69 Å². The van der Waals surface area contributed by atoms with Gasteiger partial charge in [-0.05, 0) is 43.7 Å². The molecule has 106 valence electrons. The summed E-state index contributed by atoms with van der Waals surface area (Å²) in [5.74, 6) is -0.370. The van der Waals surface area contributed by atoms with E-state index >= 15 is 0 Å². The van der Waals surface area contributed by atoms with Crippen molar-refractivity contribution in [1.29, 1.82) is 0 Å². The van der Waals surface area contributed by atoms with Crippen LogP contribution in [0.4, 0.5) is 10.1 Å². The van der Waals surface area contributed by atoms with Gasteiger partial charge in [0.05, 0.1) is 6.10 Å². The monoisotopic (exact) mass is 274 g/mol. The standard InChI is InChI=1S/C16H19FN2O/c1-3-19(11-13-7-9-18-10-8-13)15-6-4-5-14(17)16(15)12(2)20/h4-10,12,20H,3,11H2,1-2H3/t12-/m1/s1. The van der Waals surface area contributed by atoms with Crippen LogP contribution in [-0.4, -0.2) is 16.6 Å². The molecule has 0 bridgehead atoms. The molecule has 0 radical (unpaired) electrons. The Morgan fingerprint density at radius 1 is 1.25 bits per heavy atom. The second kappa shape index (κ2) is 6.48. The molecular formula is C16H19FN2O. The first-order valence-corrected chi connectivity index (χ1v) is 6.73. The summed E-state index contributed by atoms with van der Waals surface area (Å²) in [6.45, 7) is 4.98. The second-order valence-corrected chi connectivity index (χ2v) is 4.72. The summed E-state index contributed by atoms with van der Waals surface area (Å²) in [5, 5.41) is 9.82. The number of rotatable bonds is 5. The maximum atomic E-state index is 13.9. The maximum Gasteiger partial charge on any atom is 0.131 e. The Kier molecular flexibility index (Phi) is 4.69. The molecule has 1 heterocycles. The minimum absolute atomic E-state index is 0.350. The lowest BCUT2D eigenvalue weighted by atomic mass is 10.1. The number of aliphatic hydroxyl groups is 1. The SMILES string of the molecule is CCN(Cc1ccncc1)c1cccc(F)c1[C@@H](C)O. The zero-order valence-corrected chi connectivity index (χ0v) is 11.8. The molecule has 1 atom stereocenters. The third kappa shape index (κ3) is 3.14. The quantitative estimate of drug-likeness (QED) is 0.908. The summed E-state index contributed by atoms with van der Waals surface area (Å²) in [5.41, 5.74) is 2.19. The fraction of sp³-hybridized carbons (Fsp3) is 0.312. The number of pyridine rings is 1. The van der Waals surface area contributed by atoms with Crippen LogP contribution < -0.4 is 4.90 Å². The average molecular weight is 274 g/mol. The Morgan fingerprint density at radius 2 is 1.95 bits per heavy atom. The van der Waals surface area contributed by atoms with E-state index in [4.69, 9.17) is 0 Å². The molecule has 0 saturated heterocycles. The van der Waals surface area contributed by atoms with E-state index in [0.717, 1.165) is 17.8 Å². The highest BCUT2D eigenvalue weighted by Gasteiger charge is 2.17. The zero-order valence-electron chi connectivity index (χ0n) is 11.8. The van der Waals surface area contributed by atoms with E-state index in [9.17, 15) is 9.50 Å². The Bertz CT molecular complexity index is 558. The molecule has 0 amide bonds. The van der Waals surface area contributed by atoms with Gasteiger partial charge in [-0.25, -0.2) is 4.39 Å². The van der Waals surface area contributed by atoms with Crippen LogP contribution in [0.1, 0.15) is 31.1 Å². The minimum atomic E-state index is -0.835. The van der Waals surface area contributed by atoms with Gasteiger partial charge in [0.15, 0.2) is 0 Å². The molecule has 1 aromatic heterocycles. The number of hydrogen-bond donors (Lipinski definition) is 1. The lowest BCUT2D eigenvalue weighted by Crippen LogP contribution is -2.24. The first kappa shape index (κ1) is 14.5. The van der Waals surface area contributed by atoms with Crippen molar-refractivity contribution in [2.45, 2.75) is 26.5 Å². The highest BCUT2D eigenvalue weighted by Crippen LogP contribution is 2.29. The lowest BCUT2D eigenvalue weighted by molar-refractivity contribution is 0.194. The summed E-state index contributed by atoms with van der Waals surface area (Å²) >= 11 is 0. The van der Waals surface area contributed by atoms with Crippen molar-refractivity contribution in [3.63, 3.8) is 0 Å². The van der Waals surface area contributed by atoms with Crippen LogP contribution in [0.2, 0.25) is 0 Å². The second-order valence-electron chi connectivity index (χ2n) is 4.72. The van der Waals surface area contributed by atoms with Gasteiger partial charge < -0.3 is 10.0 Å². The molecule has 1 N–H and O–H groups in total. The molecule has 0 saturated carbocycles. The predicted octanol–water partition coefficient (Wildman–Crippen LogP) is 3.30. The van der Waals surface area contributed by atoms with Gasteiger partial charge in [-0.15, -0.1) is 0 Å². The van der Waals surface area contributed by atoms with Crippen LogP contribution in [0.5, 0.6) is 0 Å². The normalized spacial score (nSPS) is 12.2. The van der Waals surface area contributed by atoms with Crippen molar-refractivity contribution in [2.24, 2.45) is 0 Å². The molecule has 1 aromatic carbocycles. The van der Waals surface area contributed by atoms with Gasteiger partial charge in [0.25, 0.3) is 0 Å².